The van der Waals surface area contributed by atoms with Gasteiger partial charge in [-0.1, -0.05) is 17.7 Å². The molecule has 0 saturated heterocycles. The van der Waals surface area contributed by atoms with Crippen molar-refractivity contribution >= 4 is 17.3 Å². The zero-order valence-electron chi connectivity index (χ0n) is 10.2. The molecule has 1 rings (SSSR count). The first-order valence-electron chi connectivity index (χ1n) is 5.45. The number of hydrogen-bond donors (Lipinski definition) is 2. The van der Waals surface area contributed by atoms with E-state index in [9.17, 15) is 5.11 Å². The van der Waals surface area contributed by atoms with E-state index in [0.717, 1.165) is 11.3 Å². The van der Waals surface area contributed by atoms with E-state index in [-0.39, 0.29) is 0 Å². The number of halogens is 1. The number of methoxy groups -OCH3 is 1. The summed E-state index contributed by atoms with van der Waals surface area (Å²) in [4.78, 5) is 1.93. The van der Waals surface area contributed by atoms with Crippen LogP contribution in [-0.2, 0) is 11.3 Å². The molecule has 0 fully saturated rings. The van der Waals surface area contributed by atoms with Crippen molar-refractivity contribution in [2.75, 3.05) is 32.2 Å². The second-order valence-corrected chi connectivity index (χ2v) is 4.38. The number of rotatable bonds is 6. The van der Waals surface area contributed by atoms with Gasteiger partial charge in [-0.2, -0.15) is 0 Å². The Morgan fingerprint density at radius 2 is 2.24 bits per heavy atom. The Balaban J connectivity index is 2.69. The standard InChI is InChI=1S/C12H19ClN2O2/c1-15(7-11(16)8-17-2)10-4-3-9(6-14)12(13)5-10/h3-5,11,16H,6-8,14H2,1-2H3. The molecule has 1 aromatic carbocycles. The van der Waals surface area contributed by atoms with Crippen LogP contribution in [0.25, 0.3) is 0 Å². The molecule has 0 aromatic heterocycles. The van der Waals surface area contributed by atoms with Crippen LogP contribution in [0.3, 0.4) is 0 Å². The van der Waals surface area contributed by atoms with E-state index in [4.69, 9.17) is 22.1 Å². The van der Waals surface area contributed by atoms with Crippen LogP contribution in [0.15, 0.2) is 18.2 Å². The van der Waals surface area contributed by atoms with Crippen LogP contribution in [0.5, 0.6) is 0 Å². The quantitative estimate of drug-likeness (QED) is 0.806. The van der Waals surface area contributed by atoms with Crippen molar-refractivity contribution in [1.29, 1.82) is 0 Å². The SMILES string of the molecule is COCC(O)CN(C)c1ccc(CN)c(Cl)c1. The van der Waals surface area contributed by atoms with Gasteiger partial charge in [0.15, 0.2) is 0 Å². The third-order valence-corrected chi connectivity index (χ3v) is 2.89. The Morgan fingerprint density at radius 3 is 2.76 bits per heavy atom. The summed E-state index contributed by atoms with van der Waals surface area (Å²) >= 11 is 6.08. The van der Waals surface area contributed by atoms with Crippen LogP contribution in [0, 0.1) is 0 Å². The van der Waals surface area contributed by atoms with Gasteiger partial charge in [0.25, 0.3) is 0 Å². The molecule has 0 amide bonds. The van der Waals surface area contributed by atoms with Gasteiger partial charge in [-0.3, -0.25) is 0 Å². The van der Waals surface area contributed by atoms with Crippen molar-refractivity contribution < 1.29 is 9.84 Å². The molecule has 0 heterocycles. The Labute approximate surface area is 107 Å². The van der Waals surface area contributed by atoms with Crippen LogP contribution in [-0.4, -0.2) is 38.5 Å². The fourth-order valence-electron chi connectivity index (χ4n) is 1.61. The molecule has 0 bridgehead atoms. The van der Waals surface area contributed by atoms with E-state index >= 15 is 0 Å². The third-order valence-electron chi connectivity index (χ3n) is 2.54. The minimum absolute atomic E-state index is 0.318. The molecule has 0 radical (unpaired) electrons. The van der Waals surface area contributed by atoms with Crippen molar-refractivity contribution in [2.45, 2.75) is 12.6 Å². The molecule has 1 unspecified atom stereocenters. The summed E-state index contributed by atoms with van der Waals surface area (Å²) in [7, 11) is 3.46. The maximum absolute atomic E-state index is 9.63. The Morgan fingerprint density at radius 1 is 1.53 bits per heavy atom. The molecule has 96 valence electrons. The molecule has 17 heavy (non-hydrogen) atoms. The summed E-state index contributed by atoms with van der Waals surface area (Å²) in [5.41, 5.74) is 7.41. The molecule has 0 aliphatic heterocycles. The van der Waals surface area contributed by atoms with Crippen molar-refractivity contribution in [1.82, 2.24) is 0 Å². The normalized spacial score (nSPS) is 12.5. The van der Waals surface area contributed by atoms with Crippen LogP contribution >= 0.6 is 11.6 Å². The van der Waals surface area contributed by atoms with Crippen LogP contribution in [0.1, 0.15) is 5.56 Å². The highest BCUT2D eigenvalue weighted by atomic mass is 35.5. The van der Waals surface area contributed by atoms with Crippen molar-refractivity contribution in [3.8, 4) is 0 Å². The number of anilines is 1. The summed E-state index contributed by atoms with van der Waals surface area (Å²) in [6, 6.07) is 5.69. The lowest BCUT2D eigenvalue weighted by molar-refractivity contribution is 0.0695. The summed E-state index contributed by atoms with van der Waals surface area (Å²) in [6.45, 7) is 1.24. The number of nitrogens with two attached hydrogens (primary N) is 1. The van der Waals surface area contributed by atoms with Crippen molar-refractivity contribution in [3.05, 3.63) is 28.8 Å². The zero-order valence-corrected chi connectivity index (χ0v) is 10.9. The number of nitrogens with zero attached hydrogens (tertiary/aromatic N) is 1. The molecule has 3 N–H and O–H groups in total. The highest BCUT2D eigenvalue weighted by Gasteiger charge is 2.09. The maximum atomic E-state index is 9.63. The predicted octanol–water partition coefficient (Wildman–Crippen LogP) is 1.24. The minimum Gasteiger partial charge on any atom is -0.389 e. The predicted molar refractivity (Wildman–Crippen MR) is 70.5 cm³/mol. The van der Waals surface area contributed by atoms with E-state index in [1.807, 2.05) is 30.1 Å². The molecule has 0 aliphatic carbocycles. The lowest BCUT2D eigenvalue weighted by atomic mass is 10.2. The lowest BCUT2D eigenvalue weighted by Crippen LogP contribution is -2.31. The number of aliphatic hydroxyl groups excluding tert-OH is 1. The van der Waals surface area contributed by atoms with Gasteiger partial charge >= 0.3 is 0 Å². The number of ether oxygens (including phenoxy) is 1. The molecule has 1 atom stereocenters. The molecule has 4 nitrogen and oxygen atoms in total. The smallest absolute Gasteiger partial charge is 0.0947 e. The van der Waals surface area contributed by atoms with E-state index in [0.29, 0.717) is 24.7 Å². The maximum Gasteiger partial charge on any atom is 0.0947 e. The average molecular weight is 259 g/mol. The van der Waals surface area contributed by atoms with Gasteiger partial charge in [0, 0.05) is 38.0 Å². The second kappa shape index (κ2) is 6.81. The van der Waals surface area contributed by atoms with E-state index < -0.39 is 6.10 Å². The monoisotopic (exact) mass is 258 g/mol. The number of hydrogen-bond acceptors (Lipinski definition) is 4. The molecule has 5 heteroatoms. The number of aliphatic hydroxyl groups is 1. The minimum atomic E-state index is -0.516. The van der Waals surface area contributed by atoms with E-state index in [1.165, 1.54) is 0 Å². The van der Waals surface area contributed by atoms with Gasteiger partial charge in [-0.15, -0.1) is 0 Å². The highest BCUT2D eigenvalue weighted by Crippen LogP contribution is 2.22. The number of likely N-dealkylation sites (N-methyl/N-ethyl adjacent to an activating group) is 1. The average Bonchev–Trinajstić information content (AvgIpc) is 2.29. The van der Waals surface area contributed by atoms with Gasteiger partial charge < -0.3 is 20.5 Å². The first kappa shape index (κ1) is 14.3. The van der Waals surface area contributed by atoms with Gasteiger partial charge in [0.1, 0.15) is 0 Å². The van der Waals surface area contributed by atoms with Crippen molar-refractivity contribution in [3.63, 3.8) is 0 Å². The summed E-state index contributed by atoms with van der Waals surface area (Å²) in [6.07, 6.45) is -0.516. The largest absolute Gasteiger partial charge is 0.389 e. The molecule has 0 spiro atoms. The third kappa shape index (κ3) is 4.16. The summed E-state index contributed by atoms with van der Waals surface area (Å²) in [5, 5.41) is 10.3. The first-order chi connectivity index (χ1) is 8.08. The fourth-order valence-corrected chi connectivity index (χ4v) is 1.86. The van der Waals surface area contributed by atoms with Crippen molar-refractivity contribution in [2.24, 2.45) is 5.73 Å². The fraction of sp³-hybridized carbons (Fsp3) is 0.500. The molecule has 0 saturated carbocycles. The van der Waals surface area contributed by atoms with Gasteiger partial charge in [-0.25, -0.2) is 0 Å². The van der Waals surface area contributed by atoms with Crippen LogP contribution in [0.4, 0.5) is 5.69 Å². The second-order valence-electron chi connectivity index (χ2n) is 3.97. The lowest BCUT2D eigenvalue weighted by Gasteiger charge is -2.23. The van der Waals surface area contributed by atoms with Crippen LogP contribution < -0.4 is 10.6 Å². The van der Waals surface area contributed by atoms with E-state index in [2.05, 4.69) is 0 Å². The van der Waals surface area contributed by atoms with E-state index in [1.54, 1.807) is 7.11 Å². The molecule has 0 aliphatic rings. The molecular formula is C12H19ClN2O2. The van der Waals surface area contributed by atoms with Gasteiger partial charge in [0.05, 0.1) is 12.7 Å². The molecular weight excluding hydrogens is 240 g/mol. The van der Waals surface area contributed by atoms with Gasteiger partial charge in [-0.05, 0) is 17.7 Å². The highest BCUT2D eigenvalue weighted by molar-refractivity contribution is 6.31. The topological polar surface area (TPSA) is 58.7 Å². The first-order valence-corrected chi connectivity index (χ1v) is 5.83. The molecule has 1 aromatic rings. The Hall–Kier alpha value is -0.810. The Kier molecular flexibility index (Phi) is 5.71. The summed E-state index contributed by atoms with van der Waals surface area (Å²) in [5.74, 6) is 0. The Bertz CT molecular complexity index is 360. The van der Waals surface area contributed by atoms with Gasteiger partial charge in [0.2, 0.25) is 0 Å². The zero-order chi connectivity index (χ0) is 12.8. The van der Waals surface area contributed by atoms with Crippen LogP contribution in [0.2, 0.25) is 5.02 Å². The number of benzene rings is 1. The summed E-state index contributed by atoms with van der Waals surface area (Å²) < 4.78 is 4.88.